The van der Waals surface area contributed by atoms with Crippen molar-refractivity contribution in [3.8, 4) is 0 Å². The molecule has 0 fully saturated rings. The maximum atomic E-state index is 12.3. The lowest BCUT2D eigenvalue weighted by molar-refractivity contribution is 0.485. The van der Waals surface area contributed by atoms with Gasteiger partial charge >= 0.3 is 0 Å². The van der Waals surface area contributed by atoms with E-state index >= 15 is 0 Å². The zero-order chi connectivity index (χ0) is 15.2. The molecule has 0 saturated heterocycles. The Morgan fingerprint density at radius 3 is 2.45 bits per heavy atom. The fourth-order valence-electron chi connectivity index (χ4n) is 2.00. The van der Waals surface area contributed by atoms with Crippen molar-refractivity contribution in [2.24, 2.45) is 5.92 Å². The Bertz CT molecular complexity index is 512. The molecule has 0 aliphatic rings. The number of benzene rings is 1. The molecule has 0 aromatic heterocycles. The number of hydrogen-bond acceptors (Lipinski definition) is 3. The fourth-order valence-corrected chi connectivity index (χ4v) is 3.35. The van der Waals surface area contributed by atoms with Crippen molar-refractivity contribution >= 4 is 10.0 Å². The van der Waals surface area contributed by atoms with Crippen LogP contribution in [0.1, 0.15) is 39.2 Å². The summed E-state index contributed by atoms with van der Waals surface area (Å²) in [5.74, 6) is 0.584. The van der Waals surface area contributed by atoms with Crippen molar-refractivity contribution < 1.29 is 8.42 Å². The topological polar surface area (TPSA) is 58.2 Å². The molecule has 0 radical (unpaired) electrons. The highest BCUT2D eigenvalue weighted by Crippen LogP contribution is 2.14. The van der Waals surface area contributed by atoms with E-state index < -0.39 is 10.0 Å². The van der Waals surface area contributed by atoms with Crippen molar-refractivity contribution in [3.63, 3.8) is 0 Å². The van der Waals surface area contributed by atoms with E-state index in [0.717, 1.165) is 18.4 Å². The molecule has 0 saturated carbocycles. The van der Waals surface area contributed by atoms with Crippen molar-refractivity contribution in [2.45, 2.75) is 51.1 Å². The van der Waals surface area contributed by atoms with Crippen LogP contribution in [0.15, 0.2) is 29.2 Å². The molecule has 20 heavy (non-hydrogen) atoms. The summed E-state index contributed by atoms with van der Waals surface area (Å²) in [6.45, 7) is 6.86. The zero-order valence-electron chi connectivity index (χ0n) is 12.8. The number of rotatable bonds is 8. The maximum absolute atomic E-state index is 12.3. The van der Waals surface area contributed by atoms with Crippen LogP contribution in [-0.4, -0.2) is 21.5 Å². The van der Waals surface area contributed by atoms with E-state index in [1.165, 1.54) is 0 Å². The Morgan fingerprint density at radius 2 is 1.85 bits per heavy atom. The van der Waals surface area contributed by atoms with E-state index in [-0.39, 0.29) is 6.04 Å². The van der Waals surface area contributed by atoms with Crippen LogP contribution in [0.5, 0.6) is 0 Å². The van der Waals surface area contributed by atoms with Gasteiger partial charge in [-0.25, -0.2) is 13.1 Å². The summed E-state index contributed by atoms with van der Waals surface area (Å²) in [5.41, 5.74) is 0.963. The molecular weight excluding hydrogens is 272 g/mol. The lowest BCUT2D eigenvalue weighted by Gasteiger charge is -2.15. The van der Waals surface area contributed by atoms with Crippen LogP contribution < -0.4 is 10.0 Å². The Kier molecular flexibility index (Phi) is 6.65. The van der Waals surface area contributed by atoms with Crippen LogP contribution in [0.25, 0.3) is 0 Å². The minimum Gasteiger partial charge on any atom is -0.316 e. The molecule has 1 rings (SSSR count). The third-order valence-corrected chi connectivity index (χ3v) is 4.71. The van der Waals surface area contributed by atoms with Crippen LogP contribution >= 0.6 is 0 Å². The fraction of sp³-hybridized carbons (Fsp3) is 0.600. The first-order chi connectivity index (χ1) is 9.35. The summed E-state index contributed by atoms with van der Waals surface area (Å²) in [5, 5.41) is 3.02. The molecule has 0 heterocycles. The average Bonchev–Trinajstić information content (AvgIpc) is 2.37. The predicted octanol–water partition coefficient (Wildman–Crippen LogP) is 2.51. The van der Waals surface area contributed by atoms with E-state index in [1.807, 2.05) is 20.0 Å². The predicted molar refractivity (Wildman–Crippen MR) is 83.1 cm³/mol. The molecule has 2 N–H and O–H groups in total. The van der Waals surface area contributed by atoms with E-state index in [0.29, 0.717) is 17.4 Å². The molecule has 1 aromatic rings. The van der Waals surface area contributed by atoms with Crippen LogP contribution in [0.3, 0.4) is 0 Å². The Balaban J connectivity index is 2.75. The van der Waals surface area contributed by atoms with Gasteiger partial charge in [0.25, 0.3) is 0 Å². The van der Waals surface area contributed by atoms with Crippen LogP contribution in [0.4, 0.5) is 0 Å². The van der Waals surface area contributed by atoms with Gasteiger partial charge < -0.3 is 5.32 Å². The largest absolute Gasteiger partial charge is 0.316 e. The average molecular weight is 298 g/mol. The molecular formula is C15H26N2O2S. The zero-order valence-corrected chi connectivity index (χ0v) is 13.6. The summed E-state index contributed by atoms with van der Waals surface area (Å²) >= 11 is 0. The van der Waals surface area contributed by atoms with Gasteiger partial charge in [0.05, 0.1) is 4.90 Å². The maximum Gasteiger partial charge on any atom is 0.240 e. The van der Waals surface area contributed by atoms with Gasteiger partial charge in [-0.1, -0.05) is 26.0 Å². The molecule has 0 bridgehead atoms. The first-order valence-electron chi connectivity index (χ1n) is 7.11. The van der Waals surface area contributed by atoms with Gasteiger partial charge in [0, 0.05) is 12.6 Å². The van der Waals surface area contributed by atoms with Crippen LogP contribution in [0.2, 0.25) is 0 Å². The summed E-state index contributed by atoms with van der Waals surface area (Å²) in [6.07, 6.45) is 1.87. The second-order valence-corrected chi connectivity index (χ2v) is 7.39. The van der Waals surface area contributed by atoms with E-state index in [4.69, 9.17) is 0 Å². The standard InChI is InChI=1S/C15H26N2O2S/c1-12(2)8-9-13(3)17-20(18,19)15-7-5-6-14(10-15)11-16-4/h5-7,10,12-13,16-17H,8-9,11H2,1-4H3. The molecule has 5 heteroatoms. The first kappa shape index (κ1) is 17.1. The second kappa shape index (κ2) is 7.76. The number of sulfonamides is 1. The van der Waals surface area contributed by atoms with Crippen molar-refractivity contribution in [2.75, 3.05) is 7.05 Å². The molecule has 1 atom stereocenters. The minimum atomic E-state index is -3.43. The minimum absolute atomic E-state index is 0.0460. The Labute approximate surface area is 123 Å². The van der Waals surface area contributed by atoms with Crippen LogP contribution in [-0.2, 0) is 16.6 Å². The first-order valence-corrected chi connectivity index (χ1v) is 8.59. The van der Waals surface area contributed by atoms with Crippen LogP contribution in [0, 0.1) is 5.92 Å². The molecule has 0 aliphatic carbocycles. The van der Waals surface area contributed by atoms with Gasteiger partial charge in [-0.05, 0) is 50.4 Å². The van der Waals surface area contributed by atoms with Crippen molar-refractivity contribution in [1.29, 1.82) is 0 Å². The lowest BCUT2D eigenvalue weighted by Crippen LogP contribution is -2.32. The van der Waals surface area contributed by atoms with Gasteiger partial charge in [-0.2, -0.15) is 0 Å². The quantitative estimate of drug-likeness (QED) is 0.775. The lowest BCUT2D eigenvalue weighted by atomic mass is 10.1. The summed E-state index contributed by atoms with van der Waals surface area (Å²) in [7, 11) is -1.59. The van der Waals surface area contributed by atoms with Gasteiger partial charge in [0.2, 0.25) is 10.0 Å². The van der Waals surface area contributed by atoms with E-state index in [1.54, 1.807) is 18.2 Å². The number of nitrogens with one attached hydrogen (secondary N) is 2. The molecule has 114 valence electrons. The van der Waals surface area contributed by atoms with Gasteiger partial charge in [0.15, 0.2) is 0 Å². The molecule has 1 unspecified atom stereocenters. The third-order valence-electron chi connectivity index (χ3n) is 3.12. The molecule has 0 aliphatic heterocycles. The Hall–Kier alpha value is -0.910. The highest BCUT2D eigenvalue weighted by atomic mass is 32.2. The second-order valence-electron chi connectivity index (χ2n) is 5.67. The number of hydrogen-bond donors (Lipinski definition) is 2. The normalized spacial score (nSPS) is 13.7. The SMILES string of the molecule is CNCc1cccc(S(=O)(=O)NC(C)CCC(C)C)c1. The highest BCUT2D eigenvalue weighted by molar-refractivity contribution is 7.89. The molecule has 4 nitrogen and oxygen atoms in total. The van der Waals surface area contributed by atoms with E-state index in [2.05, 4.69) is 23.9 Å². The van der Waals surface area contributed by atoms with Crippen molar-refractivity contribution in [1.82, 2.24) is 10.0 Å². The summed E-state index contributed by atoms with van der Waals surface area (Å²) < 4.78 is 27.4. The Morgan fingerprint density at radius 1 is 1.15 bits per heavy atom. The monoisotopic (exact) mass is 298 g/mol. The molecule has 0 amide bonds. The molecule has 1 aromatic carbocycles. The third kappa shape index (κ3) is 5.61. The molecule has 0 spiro atoms. The smallest absolute Gasteiger partial charge is 0.240 e. The van der Waals surface area contributed by atoms with Crippen molar-refractivity contribution in [3.05, 3.63) is 29.8 Å². The summed E-state index contributed by atoms with van der Waals surface area (Å²) in [4.78, 5) is 0.335. The van der Waals surface area contributed by atoms with Gasteiger partial charge in [0.1, 0.15) is 0 Å². The highest BCUT2D eigenvalue weighted by Gasteiger charge is 2.17. The van der Waals surface area contributed by atoms with E-state index in [9.17, 15) is 8.42 Å². The van der Waals surface area contributed by atoms with Gasteiger partial charge in [-0.3, -0.25) is 0 Å². The van der Waals surface area contributed by atoms with Gasteiger partial charge in [-0.15, -0.1) is 0 Å². The summed E-state index contributed by atoms with van der Waals surface area (Å²) in [6, 6.07) is 7.00.